The molecule has 2 aliphatic rings. The maximum absolute atomic E-state index is 12.9. The van der Waals surface area contributed by atoms with Crippen LogP contribution in [0.5, 0.6) is 0 Å². The molecule has 36 heavy (non-hydrogen) atoms. The number of likely N-dealkylation sites (N-methyl/N-ethyl adjacent to an activating group) is 1. The smallest absolute Gasteiger partial charge is 0.242 e. The topological polar surface area (TPSA) is 125 Å². The molecule has 0 bridgehead atoms. The van der Waals surface area contributed by atoms with Gasteiger partial charge in [0.2, 0.25) is 23.6 Å². The Morgan fingerprint density at radius 3 is 2.64 bits per heavy atom. The van der Waals surface area contributed by atoms with E-state index in [1.807, 2.05) is 20.9 Å². The van der Waals surface area contributed by atoms with Gasteiger partial charge >= 0.3 is 0 Å². The molecule has 0 aromatic carbocycles. The monoisotopic (exact) mass is 523 g/mol. The summed E-state index contributed by atoms with van der Waals surface area (Å²) in [5, 5.41) is 5.62. The van der Waals surface area contributed by atoms with Crippen molar-refractivity contribution < 1.29 is 19.2 Å². The first-order valence-corrected chi connectivity index (χ1v) is 14.4. The second-order valence-corrected chi connectivity index (χ2v) is 11.4. The summed E-state index contributed by atoms with van der Waals surface area (Å²) in [5.74, 6) is 0.278. The second-order valence-electron chi connectivity index (χ2n) is 10.1. The van der Waals surface area contributed by atoms with E-state index in [0.717, 1.165) is 50.8 Å². The van der Waals surface area contributed by atoms with Gasteiger partial charge in [0.05, 0.1) is 11.3 Å². The lowest BCUT2D eigenvalue weighted by Gasteiger charge is -2.33. The number of allylic oxidation sites excluding steroid dienone is 1. The Morgan fingerprint density at radius 2 is 1.97 bits per heavy atom. The van der Waals surface area contributed by atoms with Crippen molar-refractivity contribution in [2.45, 2.75) is 89.0 Å². The molecule has 2 aliphatic heterocycles. The molecule has 0 spiro atoms. The van der Waals surface area contributed by atoms with E-state index >= 15 is 0 Å². The van der Waals surface area contributed by atoms with Crippen LogP contribution in [0.2, 0.25) is 0 Å². The van der Waals surface area contributed by atoms with Gasteiger partial charge in [-0.15, -0.1) is 11.8 Å². The number of nitrogens with two attached hydrogens (primary N) is 1. The fourth-order valence-corrected chi connectivity index (χ4v) is 5.74. The van der Waals surface area contributed by atoms with Gasteiger partial charge in [0.1, 0.15) is 6.04 Å². The Labute approximate surface area is 220 Å². The summed E-state index contributed by atoms with van der Waals surface area (Å²) in [4.78, 5) is 54.1. The Balaban J connectivity index is 1.73. The van der Waals surface area contributed by atoms with Crippen LogP contribution in [-0.2, 0) is 19.2 Å². The molecule has 1 unspecified atom stereocenters. The summed E-state index contributed by atoms with van der Waals surface area (Å²) in [5.41, 5.74) is 6.20. The average Bonchev–Trinajstić information content (AvgIpc) is 3.11. The van der Waals surface area contributed by atoms with E-state index in [4.69, 9.17) is 5.73 Å². The van der Waals surface area contributed by atoms with Gasteiger partial charge in [-0.05, 0) is 63.8 Å². The van der Waals surface area contributed by atoms with Gasteiger partial charge in [0.15, 0.2) is 0 Å². The zero-order chi connectivity index (χ0) is 26.7. The molecule has 2 fully saturated rings. The summed E-state index contributed by atoms with van der Waals surface area (Å²) in [6.07, 6.45) is 6.77. The normalized spacial score (nSPS) is 22.4. The van der Waals surface area contributed by atoms with Crippen LogP contribution in [0.15, 0.2) is 12.3 Å². The van der Waals surface area contributed by atoms with Crippen LogP contribution in [-0.4, -0.2) is 83.2 Å². The predicted molar refractivity (Wildman–Crippen MR) is 144 cm³/mol. The van der Waals surface area contributed by atoms with Crippen LogP contribution in [0.1, 0.15) is 71.6 Å². The molecule has 0 radical (unpaired) electrons. The second kappa shape index (κ2) is 15.2. The molecule has 0 aromatic rings. The molecule has 204 valence electrons. The number of amides is 4. The van der Waals surface area contributed by atoms with Crippen LogP contribution < -0.4 is 16.4 Å². The van der Waals surface area contributed by atoms with Crippen molar-refractivity contribution >= 4 is 35.4 Å². The predicted octanol–water partition coefficient (Wildman–Crippen LogP) is 2.01. The largest absolute Gasteiger partial charge is 0.403 e. The fraction of sp³-hybridized carbons (Fsp3) is 0.769. The van der Waals surface area contributed by atoms with Gasteiger partial charge in [-0.1, -0.05) is 33.3 Å². The van der Waals surface area contributed by atoms with E-state index in [1.165, 1.54) is 16.7 Å². The molecular formula is C26H45N5O4S. The molecule has 9 nitrogen and oxygen atoms in total. The minimum absolute atomic E-state index is 0.0139. The van der Waals surface area contributed by atoms with Crippen molar-refractivity contribution in [1.82, 2.24) is 20.4 Å². The number of imide groups is 1. The lowest BCUT2D eigenvalue weighted by molar-refractivity contribution is -0.138. The molecule has 10 heteroatoms. The van der Waals surface area contributed by atoms with Crippen LogP contribution in [0.4, 0.5) is 0 Å². The Hall–Kier alpha value is -2.07. The molecule has 4 N–H and O–H groups in total. The summed E-state index contributed by atoms with van der Waals surface area (Å²) in [6.45, 7) is 9.34. The number of hydrogen-bond acceptors (Lipinski definition) is 7. The third-order valence-corrected chi connectivity index (χ3v) is 8.43. The quantitative estimate of drug-likeness (QED) is 0.221. The Bertz CT molecular complexity index is 792. The van der Waals surface area contributed by atoms with Crippen molar-refractivity contribution in [3.63, 3.8) is 0 Å². The van der Waals surface area contributed by atoms with E-state index in [1.54, 1.807) is 0 Å². The summed E-state index contributed by atoms with van der Waals surface area (Å²) < 4.78 is 0. The lowest BCUT2D eigenvalue weighted by Crippen LogP contribution is -2.56. The van der Waals surface area contributed by atoms with Crippen molar-refractivity contribution in [3.05, 3.63) is 12.3 Å². The van der Waals surface area contributed by atoms with Crippen LogP contribution in [0.25, 0.3) is 0 Å². The third kappa shape index (κ3) is 9.10. The first-order chi connectivity index (χ1) is 17.1. The molecule has 4 amide bonds. The van der Waals surface area contributed by atoms with E-state index in [-0.39, 0.29) is 47.3 Å². The minimum Gasteiger partial charge on any atom is -0.403 e. The van der Waals surface area contributed by atoms with Crippen LogP contribution in [0, 0.1) is 5.92 Å². The Kier molecular flexibility index (Phi) is 12.8. The minimum atomic E-state index is -0.575. The highest BCUT2D eigenvalue weighted by atomic mass is 32.2. The summed E-state index contributed by atoms with van der Waals surface area (Å²) >= 11 is 1.51. The summed E-state index contributed by atoms with van der Waals surface area (Å²) in [7, 11) is 1.96. The third-order valence-electron chi connectivity index (χ3n) is 7.14. The number of hydrogen-bond donors (Lipinski definition) is 3. The zero-order valence-electron chi connectivity index (χ0n) is 22.2. The highest BCUT2D eigenvalue weighted by Gasteiger charge is 2.38. The van der Waals surface area contributed by atoms with Crippen molar-refractivity contribution in [3.8, 4) is 0 Å². The fourth-order valence-electron chi connectivity index (χ4n) is 4.62. The standard InChI is InChI=1S/C26H45N5O4S/c1-5-18(2)23(29-24(33)20-12-6-8-14-30(20)4)25(34)28-13-7-9-15-31-22(32)17-21(26(31)35)36-16-10-11-19(3)27/h18,20-21,23H,3,5-17,27H2,1-2,4H3,(H,28,34)(H,29,33)/t18-,20+,21?,23-/m0/s1. The van der Waals surface area contributed by atoms with Gasteiger partial charge < -0.3 is 16.4 Å². The maximum atomic E-state index is 12.9. The molecule has 0 aliphatic carbocycles. The maximum Gasteiger partial charge on any atom is 0.242 e. The van der Waals surface area contributed by atoms with Crippen molar-refractivity contribution in [1.29, 1.82) is 0 Å². The molecule has 2 saturated heterocycles. The van der Waals surface area contributed by atoms with Crippen LogP contribution in [0.3, 0.4) is 0 Å². The molecular weight excluding hydrogens is 478 g/mol. The number of likely N-dealkylation sites (tertiary alicyclic amines) is 2. The number of nitrogens with zero attached hydrogens (tertiary/aromatic N) is 2. The highest BCUT2D eigenvalue weighted by molar-refractivity contribution is 8.00. The molecule has 4 atom stereocenters. The molecule has 2 heterocycles. The number of piperidine rings is 1. The van der Waals surface area contributed by atoms with Gasteiger partial charge in [-0.25, -0.2) is 0 Å². The number of carbonyl (C=O) groups excluding carboxylic acids is 4. The van der Waals surface area contributed by atoms with E-state index in [9.17, 15) is 19.2 Å². The number of unbranched alkanes of at least 4 members (excludes halogenated alkanes) is 1. The van der Waals surface area contributed by atoms with Gasteiger partial charge in [-0.3, -0.25) is 29.0 Å². The number of carbonyl (C=O) groups is 4. The van der Waals surface area contributed by atoms with Crippen molar-refractivity contribution in [2.75, 3.05) is 32.4 Å². The molecule has 0 saturated carbocycles. The van der Waals surface area contributed by atoms with Crippen LogP contribution >= 0.6 is 11.8 Å². The Morgan fingerprint density at radius 1 is 1.22 bits per heavy atom. The van der Waals surface area contributed by atoms with E-state index < -0.39 is 6.04 Å². The van der Waals surface area contributed by atoms with E-state index in [2.05, 4.69) is 22.1 Å². The van der Waals surface area contributed by atoms with Gasteiger partial charge in [0, 0.05) is 25.2 Å². The van der Waals surface area contributed by atoms with Crippen molar-refractivity contribution in [2.24, 2.45) is 11.7 Å². The number of rotatable bonds is 15. The van der Waals surface area contributed by atoms with Gasteiger partial charge in [-0.2, -0.15) is 0 Å². The van der Waals surface area contributed by atoms with E-state index in [0.29, 0.717) is 31.6 Å². The SMILES string of the molecule is C=C(N)CCCSC1CC(=O)N(CCCCNC(=O)[C@@H](NC(=O)[C@H]2CCCCN2C)[C@@H](C)CC)C1=O. The average molecular weight is 524 g/mol. The first-order valence-electron chi connectivity index (χ1n) is 13.3. The lowest BCUT2D eigenvalue weighted by atomic mass is 9.96. The first kappa shape index (κ1) is 30.2. The number of thioether (sulfide) groups is 1. The number of nitrogens with one attached hydrogen (secondary N) is 2. The zero-order valence-corrected chi connectivity index (χ0v) is 23.0. The summed E-state index contributed by atoms with van der Waals surface area (Å²) in [6, 6.07) is -0.760. The molecule has 0 aromatic heterocycles. The highest BCUT2D eigenvalue weighted by Crippen LogP contribution is 2.26. The molecule has 2 rings (SSSR count). The van der Waals surface area contributed by atoms with Gasteiger partial charge in [0.25, 0.3) is 0 Å².